The van der Waals surface area contributed by atoms with Gasteiger partial charge >= 0.3 is 0 Å². The van der Waals surface area contributed by atoms with Crippen molar-refractivity contribution in [1.29, 1.82) is 0 Å². The second-order valence-corrected chi connectivity index (χ2v) is 9.65. The van der Waals surface area contributed by atoms with Crippen LogP contribution >= 0.6 is 11.3 Å². The Labute approximate surface area is 203 Å². The Kier molecular flexibility index (Phi) is 7.95. The van der Waals surface area contributed by atoms with Gasteiger partial charge in [0.2, 0.25) is 0 Å². The molecule has 180 valence electrons. The Morgan fingerprint density at radius 1 is 1.15 bits per heavy atom. The summed E-state index contributed by atoms with van der Waals surface area (Å²) in [4.78, 5) is 17.3. The van der Waals surface area contributed by atoms with Crippen LogP contribution in [0.3, 0.4) is 0 Å². The van der Waals surface area contributed by atoms with Crippen LogP contribution in [0.1, 0.15) is 34.3 Å². The van der Waals surface area contributed by atoms with Gasteiger partial charge in [-0.1, -0.05) is 24.3 Å². The zero-order valence-corrected chi connectivity index (χ0v) is 20.4. The van der Waals surface area contributed by atoms with Crippen LogP contribution in [0.15, 0.2) is 59.3 Å². The van der Waals surface area contributed by atoms with Gasteiger partial charge in [0, 0.05) is 25.0 Å². The number of benzene rings is 2. The van der Waals surface area contributed by atoms with Crippen LogP contribution in [-0.2, 0) is 13.0 Å². The number of carbonyl (C=O) groups is 1. The topological polar surface area (TPSA) is 32.8 Å². The molecule has 1 amide bonds. The van der Waals surface area contributed by atoms with Crippen molar-refractivity contribution >= 4 is 17.2 Å². The number of ether oxygens (including phenoxy) is 1. The van der Waals surface area contributed by atoms with E-state index in [-0.39, 0.29) is 35.3 Å². The van der Waals surface area contributed by atoms with Crippen LogP contribution in [0, 0.1) is 17.6 Å². The van der Waals surface area contributed by atoms with E-state index in [1.165, 1.54) is 30.6 Å². The molecule has 1 saturated heterocycles. The summed E-state index contributed by atoms with van der Waals surface area (Å²) in [5.74, 6) is -0.105. The summed E-state index contributed by atoms with van der Waals surface area (Å²) >= 11 is 1.50. The minimum Gasteiger partial charge on any atom is -0.494 e. The first-order valence-electron chi connectivity index (χ1n) is 11.5. The van der Waals surface area contributed by atoms with E-state index in [2.05, 4.69) is 4.90 Å². The molecule has 0 spiro atoms. The summed E-state index contributed by atoms with van der Waals surface area (Å²) in [6.07, 6.45) is 2.29. The third kappa shape index (κ3) is 5.65. The van der Waals surface area contributed by atoms with Gasteiger partial charge in [-0.2, -0.15) is 11.3 Å². The first-order chi connectivity index (χ1) is 16.5. The highest BCUT2D eigenvalue weighted by molar-refractivity contribution is 7.08. The molecular weight excluding hydrogens is 454 g/mol. The number of rotatable bonds is 8. The Bertz CT molecular complexity index is 1100. The van der Waals surface area contributed by atoms with Gasteiger partial charge in [0.25, 0.3) is 5.91 Å². The van der Waals surface area contributed by atoms with E-state index in [0.29, 0.717) is 24.1 Å². The molecule has 0 saturated carbocycles. The minimum absolute atomic E-state index is 0.0246. The monoisotopic (exact) mass is 484 g/mol. The molecule has 0 bridgehead atoms. The van der Waals surface area contributed by atoms with Crippen molar-refractivity contribution in [2.75, 3.05) is 27.2 Å². The van der Waals surface area contributed by atoms with Crippen molar-refractivity contribution in [1.82, 2.24) is 9.80 Å². The van der Waals surface area contributed by atoms with Crippen LogP contribution in [-0.4, -0.2) is 49.0 Å². The highest BCUT2D eigenvalue weighted by atomic mass is 32.1. The fraction of sp³-hybridized carbons (Fsp3) is 0.370. The number of hydrogen-bond acceptors (Lipinski definition) is 4. The standard InChI is InChI=1S/C27H30F2N2O2S/c1-30(27(32)22-11-14-34-18-22)25(16-21-5-3-4-6-23(21)28)20-9-12-31(13-10-20)17-19-7-8-24(29)26(15-19)33-2/h3-8,11,14-15,18,20,25H,9-10,12-13,16-17H2,1-2H3/t25-/m0/s1. The fourth-order valence-electron chi connectivity index (χ4n) is 4.81. The molecule has 1 atom stereocenters. The number of carbonyl (C=O) groups excluding carboxylic acids is 1. The van der Waals surface area contributed by atoms with Gasteiger partial charge in [-0.05, 0) is 79.0 Å². The molecular formula is C27H30F2N2O2S. The Hall–Kier alpha value is -2.77. The molecule has 1 aromatic heterocycles. The van der Waals surface area contributed by atoms with E-state index in [4.69, 9.17) is 4.74 Å². The van der Waals surface area contributed by atoms with Gasteiger partial charge in [0.1, 0.15) is 5.82 Å². The smallest absolute Gasteiger partial charge is 0.254 e. The van der Waals surface area contributed by atoms with E-state index in [0.717, 1.165) is 31.5 Å². The lowest BCUT2D eigenvalue weighted by Gasteiger charge is -2.40. The van der Waals surface area contributed by atoms with E-state index < -0.39 is 0 Å². The summed E-state index contributed by atoms with van der Waals surface area (Å²) in [7, 11) is 3.31. The van der Waals surface area contributed by atoms with E-state index in [9.17, 15) is 13.6 Å². The molecule has 0 N–H and O–H groups in total. The third-order valence-electron chi connectivity index (χ3n) is 6.77. The molecule has 4 rings (SSSR count). The number of nitrogens with zero attached hydrogens (tertiary/aromatic N) is 2. The number of amides is 1. The fourth-order valence-corrected chi connectivity index (χ4v) is 5.44. The van der Waals surface area contributed by atoms with Crippen molar-refractivity contribution in [2.24, 2.45) is 5.92 Å². The summed E-state index contributed by atoms with van der Waals surface area (Å²) in [6, 6.07) is 13.5. The van der Waals surface area contributed by atoms with Crippen molar-refractivity contribution < 1.29 is 18.3 Å². The average Bonchev–Trinajstić information content (AvgIpc) is 3.39. The molecule has 2 heterocycles. The summed E-state index contributed by atoms with van der Waals surface area (Å²) in [6.45, 7) is 2.43. The zero-order chi connectivity index (χ0) is 24.1. The second kappa shape index (κ2) is 11.1. The van der Waals surface area contributed by atoms with E-state index >= 15 is 0 Å². The van der Waals surface area contributed by atoms with Gasteiger partial charge in [0.05, 0.1) is 12.7 Å². The maximum atomic E-state index is 14.5. The number of piperidine rings is 1. The molecule has 1 aliphatic rings. The molecule has 3 aromatic rings. The van der Waals surface area contributed by atoms with Crippen molar-refractivity contribution in [2.45, 2.75) is 31.8 Å². The lowest BCUT2D eigenvalue weighted by Crippen LogP contribution is -2.47. The van der Waals surface area contributed by atoms with Crippen LogP contribution in [0.5, 0.6) is 5.75 Å². The predicted octanol–water partition coefficient (Wildman–Crippen LogP) is 5.63. The minimum atomic E-state index is -0.362. The number of likely N-dealkylation sites (N-methyl/N-ethyl adjacent to an activating group) is 1. The van der Waals surface area contributed by atoms with Crippen LogP contribution in [0.25, 0.3) is 0 Å². The van der Waals surface area contributed by atoms with Gasteiger partial charge in [0.15, 0.2) is 11.6 Å². The zero-order valence-electron chi connectivity index (χ0n) is 19.5. The Balaban J connectivity index is 1.46. The van der Waals surface area contributed by atoms with Crippen LogP contribution in [0.4, 0.5) is 8.78 Å². The largest absolute Gasteiger partial charge is 0.494 e. The molecule has 2 aromatic carbocycles. The van der Waals surface area contributed by atoms with E-state index in [1.807, 2.05) is 36.0 Å². The molecule has 1 fully saturated rings. The van der Waals surface area contributed by atoms with Gasteiger partial charge in [-0.15, -0.1) is 0 Å². The number of thiophene rings is 1. The molecule has 0 aliphatic carbocycles. The number of hydrogen-bond donors (Lipinski definition) is 0. The summed E-state index contributed by atoms with van der Waals surface area (Å²) in [5, 5.41) is 3.76. The predicted molar refractivity (Wildman–Crippen MR) is 131 cm³/mol. The third-order valence-corrected chi connectivity index (χ3v) is 7.45. The molecule has 0 unspecified atom stereocenters. The maximum absolute atomic E-state index is 14.5. The quantitative estimate of drug-likeness (QED) is 0.415. The Morgan fingerprint density at radius 2 is 1.91 bits per heavy atom. The molecule has 4 nitrogen and oxygen atoms in total. The van der Waals surface area contributed by atoms with Gasteiger partial charge < -0.3 is 9.64 Å². The van der Waals surface area contributed by atoms with E-state index in [1.54, 1.807) is 23.1 Å². The van der Waals surface area contributed by atoms with Gasteiger partial charge in [-0.3, -0.25) is 9.69 Å². The summed E-state index contributed by atoms with van der Waals surface area (Å²) in [5.41, 5.74) is 2.32. The lowest BCUT2D eigenvalue weighted by atomic mass is 9.84. The Morgan fingerprint density at radius 3 is 2.59 bits per heavy atom. The highest BCUT2D eigenvalue weighted by Gasteiger charge is 2.32. The van der Waals surface area contributed by atoms with Crippen molar-refractivity contribution in [3.8, 4) is 5.75 Å². The number of likely N-dealkylation sites (tertiary alicyclic amines) is 1. The van der Waals surface area contributed by atoms with Crippen molar-refractivity contribution in [3.63, 3.8) is 0 Å². The highest BCUT2D eigenvalue weighted by Crippen LogP contribution is 2.29. The molecule has 7 heteroatoms. The van der Waals surface area contributed by atoms with Crippen molar-refractivity contribution in [3.05, 3.63) is 87.6 Å². The van der Waals surface area contributed by atoms with Crippen LogP contribution < -0.4 is 4.74 Å². The number of halogens is 2. The number of methoxy groups -OCH3 is 1. The summed E-state index contributed by atoms with van der Waals surface area (Å²) < 4.78 is 33.4. The second-order valence-electron chi connectivity index (χ2n) is 8.87. The molecule has 0 radical (unpaired) electrons. The normalized spacial score (nSPS) is 15.8. The average molecular weight is 485 g/mol. The maximum Gasteiger partial charge on any atom is 0.254 e. The lowest BCUT2D eigenvalue weighted by molar-refractivity contribution is 0.0584. The van der Waals surface area contributed by atoms with Gasteiger partial charge in [-0.25, -0.2) is 8.78 Å². The molecule has 1 aliphatic heterocycles. The molecule has 34 heavy (non-hydrogen) atoms. The first-order valence-corrected chi connectivity index (χ1v) is 12.5. The van der Waals surface area contributed by atoms with Crippen LogP contribution in [0.2, 0.25) is 0 Å². The SMILES string of the molecule is COc1cc(CN2CCC([C@H](Cc3ccccc3F)N(C)C(=O)c3ccsc3)CC2)ccc1F. The first kappa shape index (κ1) is 24.4.